The molecule has 0 amide bonds. The van der Waals surface area contributed by atoms with Crippen molar-refractivity contribution < 1.29 is 28.9 Å². The van der Waals surface area contributed by atoms with Gasteiger partial charge in [0.25, 0.3) is 0 Å². The predicted octanol–water partition coefficient (Wildman–Crippen LogP) is 0.362. The van der Waals surface area contributed by atoms with Crippen LogP contribution >= 0.6 is 0 Å². The Bertz CT molecular complexity index is 360. The largest absolute Gasteiger partial charge is 0.348 e. The van der Waals surface area contributed by atoms with Crippen molar-refractivity contribution in [3.63, 3.8) is 0 Å². The van der Waals surface area contributed by atoms with E-state index in [1.807, 2.05) is 27.7 Å². The lowest BCUT2D eigenvalue weighted by atomic mass is 10.0. The maximum absolute atomic E-state index is 9.38. The summed E-state index contributed by atoms with van der Waals surface area (Å²) in [5.41, 5.74) is 2.26. The van der Waals surface area contributed by atoms with Crippen LogP contribution in [0.25, 0.3) is 0 Å². The lowest BCUT2D eigenvalue weighted by Crippen LogP contribution is -2.49. The van der Waals surface area contributed by atoms with Crippen LogP contribution in [0.15, 0.2) is 0 Å². The SMILES string of the molecule is CC1(C)O[C@H]2O[C@H]([C@H]3COC(C)(C)O3)[C@@H](NO)[C@H]2O1. The Labute approximate surface area is 112 Å². The van der Waals surface area contributed by atoms with Gasteiger partial charge in [-0.3, -0.25) is 0 Å². The van der Waals surface area contributed by atoms with Gasteiger partial charge in [-0.1, -0.05) is 0 Å². The Morgan fingerprint density at radius 2 is 1.74 bits per heavy atom. The van der Waals surface area contributed by atoms with E-state index in [2.05, 4.69) is 5.48 Å². The summed E-state index contributed by atoms with van der Waals surface area (Å²) in [6.07, 6.45) is -1.51. The van der Waals surface area contributed by atoms with E-state index < -0.39 is 23.9 Å². The average molecular weight is 275 g/mol. The molecule has 3 aliphatic heterocycles. The standard InChI is InChI=1S/C12H21NO6/c1-11(2)15-5-6(17-11)8-7(13-14)9-10(16-8)19-12(3,4)18-9/h6-10,13-14H,5H2,1-4H3/t6-,7-,8-,9-,10-/m1/s1. The van der Waals surface area contributed by atoms with Gasteiger partial charge in [0.2, 0.25) is 0 Å². The molecule has 5 atom stereocenters. The van der Waals surface area contributed by atoms with Crippen LogP contribution in [0.2, 0.25) is 0 Å². The van der Waals surface area contributed by atoms with Crippen molar-refractivity contribution in [1.82, 2.24) is 5.48 Å². The van der Waals surface area contributed by atoms with Crippen molar-refractivity contribution >= 4 is 0 Å². The highest BCUT2D eigenvalue weighted by Gasteiger charge is 2.58. The van der Waals surface area contributed by atoms with Crippen molar-refractivity contribution in [2.45, 2.75) is 69.9 Å². The molecule has 0 aromatic carbocycles. The minimum atomic E-state index is -0.707. The summed E-state index contributed by atoms with van der Waals surface area (Å²) in [5.74, 6) is -1.34. The molecule has 0 bridgehead atoms. The lowest BCUT2D eigenvalue weighted by Gasteiger charge is -2.28. The molecule has 3 saturated heterocycles. The van der Waals surface area contributed by atoms with Gasteiger partial charge in [0.1, 0.15) is 18.3 Å². The van der Waals surface area contributed by atoms with Crippen LogP contribution in [0.4, 0.5) is 0 Å². The van der Waals surface area contributed by atoms with E-state index in [1.165, 1.54) is 0 Å². The van der Waals surface area contributed by atoms with Crippen molar-refractivity contribution in [3.8, 4) is 0 Å². The smallest absolute Gasteiger partial charge is 0.189 e. The fourth-order valence-electron chi connectivity index (χ4n) is 2.88. The van der Waals surface area contributed by atoms with Crippen LogP contribution in [0, 0.1) is 0 Å². The zero-order chi connectivity index (χ0) is 13.8. The van der Waals surface area contributed by atoms with E-state index in [9.17, 15) is 5.21 Å². The van der Waals surface area contributed by atoms with Crippen LogP contribution in [0.3, 0.4) is 0 Å². The summed E-state index contributed by atoms with van der Waals surface area (Å²) in [7, 11) is 0. The average Bonchev–Trinajstić information content (AvgIpc) is 2.87. The second-order valence-electron chi connectivity index (χ2n) is 6.09. The number of hydrogen-bond donors (Lipinski definition) is 2. The Morgan fingerprint density at radius 1 is 1.00 bits per heavy atom. The molecule has 2 N–H and O–H groups in total. The van der Waals surface area contributed by atoms with E-state index in [4.69, 9.17) is 23.7 Å². The first-order valence-electron chi connectivity index (χ1n) is 6.54. The van der Waals surface area contributed by atoms with Crippen molar-refractivity contribution in [2.24, 2.45) is 0 Å². The minimum absolute atomic E-state index is 0.263. The molecule has 3 aliphatic rings. The second-order valence-corrected chi connectivity index (χ2v) is 6.09. The molecule has 7 nitrogen and oxygen atoms in total. The van der Waals surface area contributed by atoms with Crippen LogP contribution in [0.5, 0.6) is 0 Å². The molecule has 110 valence electrons. The van der Waals surface area contributed by atoms with Gasteiger partial charge in [0.05, 0.1) is 12.6 Å². The summed E-state index contributed by atoms with van der Waals surface area (Å²) in [6, 6.07) is -0.408. The highest BCUT2D eigenvalue weighted by Crippen LogP contribution is 2.40. The zero-order valence-electron chi connectivity index (χ0n) is 11.6. The molecule has 0 spiro atoms. The summed E-state index contributed by atoms with van der Waals surface area (Å²) >= 11 is 0. The number of hydrogen-bond acceptors (Lipinski definition) is 7. The predicted molar refractivity (Wildman–Crippen MR) is 62.3 cm³/mol. The fraction of sp³-hybridized carbons (Fsp3) is 1.00. The Morgan fingerprint density at radius 3 is 2.32 bits per heavy atom. The quantitative estimate of drug-likeness (QED) is 0.704. The molecule has 3 heterocycles. The number of ether oxygens (including phenoxy) is 5. The van der Waals surface area contributed by atoms with Crippen LogP contribution < -0.4 is 5.48 Å². The number of fused-ring (bicyclic) bond motifs is 1. The van der Waals surface area contributed by atoms with Gasteiger partial charge in [-0.15, -0.1) is 0 Å². The first kappa shape index (κ1) is 13.7. The Kier molecular flexibility index (Phi) is 3.14. The van der Waals surface area contributed by atoms with Gasteiger partial charge in [0, 0.05) is 0 Å². The summed E-state index contributed by atoms with van der Waals surface area (Å²) < 4.78 is 28.5. The highest BCUT2D eigenvalue weighted by molar-refractivity contribution is 5.00. The normalized spacial score (nSPS) is 47.5. The molecule has 3 fully saturated rings. The van der Waals surface area contributed by atoms with Crippen LogP contribution in [-0.2, 0) is 23.7 Å². The number of hydroxylamine groups is 1. The van der Waals surface area contributed by atoms with Crippen molar-refractivity contribution in [1.29, 1.82) is 0 Å². The maximum Gasteiger partial charge on any atom is 0.189 e. The van der Waals surface area contributed by atoms with E-state index in [-0.39, 0.29) is 18.3 Å². The fourth-order valence-corrected chi connectivity index (χ4v) is 2.88. The van der Waals surface area contributed by atoms with Gasteiger partial charge < -0.3 is 28.9 Å². The molecular formula is C12H21NO6. The third-order valence-electron chi connectivity index (χ3n) is 3.63. The highest BCUT2D eigenvalue weighted by atomic mass is 16.8. The van der Waals surface area contributed by atoms with Gasteiger partial charge >= 0.3 is 0 Å². The molecule has 3 rings (SSSR count). The Balaban J connectivity index is 1.72. The maximum atomic E-state index is 9.38. The molecule has 0 radical (unpaired) electrons. The second kappa shape index (κ2) is 4.36. The molecule has 0 unspecified atom stereocenters. The topological polar surface area (TPSA) is 78.4 Å². The third-order valence-corrected chi connectivity index (χ3v) is 3.63. The molecule has 19 heavy (non-hydrogen) atoms. The molecule has 0 saturated carbocycles. The van der Waals surface area contributed by atoms with Crippen LogP contribution in [0.1, 0.15) is 27.7 Å². The number of nitrogens with one attached hydrogen (secondary N) is 1. The van der Waals surface area contributed by atoms with E-state index in [1.54, 1.807) is 0 Å². The summed E-state index contributed by atoms with van der Waals surface area (Å²) in [6.45, 7) is 7.74. The van der Waals surface area contributed by atoms with Gasteiger partial charge in [-0.2, -0.15) is 5.48 Å². The van der Waals surface area contributed by atoms with Crippen LogP contribution in [-0.4, -0.2) is 54.0 Å². The first-order chi connectivity index (χ1) is 8.81. The molecule has 0 aliphatic carbocycles. The van der Waals surface area contributed by atoms with E-state index in [0.717, 1.165) is 0 Å². The summed E-state index contributed by atoms with van der Waals surface area (Å²) in [4.78, 5) is 0. The summed E-state index contributed by atoms with van der Waals surface area (Å²) in [5, 5.41) is 9.38. The number of rotatable bonds is 2. The van der Waals surface area contributed by atoms with Gasteiger partial charge in [0.15, 0.2) is 17.9 Å². The monoisotopic (exact) mass is 275 g/mol. The molecular weight excluding hydrogens is 254 g/mol. The minimum Gasteiger partial charge on any atom is -0.348 e. The lowest BCUT2D eigenvalue weighted by molar-refractivity contribution is -0.226. The zero-order valence-corrected chi connectivity index (χ0v) is 11.6. The first-order valence-corrected chi connectivity index (χ1v) is 6.54. The Hall–Kier alpha value is -0.280. The van der Waals surface area contributed by atoms with E-state index >= 15 is 0 Å². The molecule has 0 aromatic rings. The van der Waals surface area contributed by atoms with Crippen molar-refractivity contribution in [2.75, 3.05) is 6.61 Å². The van der Waals surface area contributed by atoms with Gasteiger partial charge in [-0.05, 0) is 27.7 Å². The van der Waals surface area contributed by atoms with Crippen molar-refractivity contribution in [3.05, 3.63) is 0 Å². The molecule has 0 aromatic heterocycles. The third kappa shape index (κ3) is 2.40. The molecule has 7 heteroatoms. The van der Waals surface area contributed by atoms with E-state index in [0.29, 0.717) is 6.61 Å². The van der Waals surface area contributed by atoms with Gasteiger partial charge in [-0.25, -0.2) is 0 Å².